The van der Waals surface area contributed by atoms with E-state index in [1.54, 1.807) is 66.7 Å². The lowest BCUT2D eigenvalue weighted by Gasteiger charge is -2.24. The van der Waals surface area contributed by atoms with Gasteiger partial charge in [0.2, 0.25) is 0 Å². The van der Waals surface area contributed by atoms with Crippen molar-refractivity contribution < 1.29 is 24.2 Å². The molecule has 1 amide bonds. The molecule has 5 N–H and O–H groups in total. The molecule has 2 heterocycles. The van der Waals surface area contributed by atoms with Crippen molar-refractivity contribution in [3.63, 3.8) is 0 Å². The van der Waals surface area contributed by atoms with Crippen LogP contribution in [-0.4, -0.2) is 29.9 Å². The summed E-state index contributed by atoms with van der Waals surface area (Å²) in [7, 11) is 1.53. The zero-order valence-corrected chi connectivity index (χ0v) is 24.3. The van der Waals surface area contributed by atoms with E-state index in [1.807, 2.05) is 17.5 Å². The Morgan fingerprint density at radius 2 is 1.70 bits per heavy atom. The summed E-state index contributed by atoms with van der Waals surface area (Å²) in [6.45, 7) is 0.214. The van der Waals surface area contributed by atoms with Crippen molar-refractivity contribution in [1.29, 1.82) is 5.41 Å². The Balaban J connectivity index is 1.54. The van der Waals surface area contributed by atoms with Gasteiger partial charge in [-0.15, -0.1) is 11.3 Å². The van der Waals surface area contributed by atoms with Crippen molar-refractivity contribution in [3.8, 4) is 44.2 Å². The molecular weight excluding hydrogens is 586 g/mol. The average Bonchev–Trinajstić information content (AvgIpc) is 3.55. The topological polar surface area (TPSA) is 135 Å². The fourth-order valence-electron chi connectivity index (χ4n) is 5.12. The first-order valence-corrected chi connectivity index (χ1v) is 14.3. The normalized spacial score (nSPS) is 11.6. The van der Waals surface area contributed by atoms with Gasteiger partial charge >= 0.3 is 5.97 Å². The van der Waals surface area contributed by atoms with Crippen LogP contribution in [0.4, 0.5) is 5.69 Å². The van der Waals surface area contributed by atoms with E-state index >= 15 is 0 Å². The second-order valence-electron chi connectivity index (χ2n) is 9.81. The Morgan fingerprint density at radius 1 is 0.953 bits per heavy atom. The lowest BCUT2D eigenvalue weighted by molar-refractivity contribution is 0.0697. The van der Waals surface area contributed by atoms with Crippen molar-refractivity contribution in [3.05, 3.63) is 112 Å². The molecule has 8 nitrogen and oxygen atoms in total. The molecule has 0 atom stereocenters. The van der Waals surface area contributed by atoms with Gasteiger partial charge < -0.3 is 25.6 Å². The van der Waals surface area contributed by atoms with Gasteiger partial charge in [0, 0.05) is 37.8 Å². The molecule has 214 valence electrons. The molecule has 1 aliphatic rings. The number of carboxylic acids is 1. The van der Waals surface area contributed by atoms with Crippen LogP contribution < -0.4 is 20.5 Å². The molecule has 10 heteroatoms. The average molecular weight is 610 g/mol. The fraction of sp³-hybridized carbons (Fsp3) is 0.0606. The molecule has 0 saturated carbocycles. The summed E-state index contributed by atoms with van der Waals surface area (Å²) in [4.78, 5) is 27.5. The van der Waals surface area contributed by atoms with Crippen LogP contribution in [0.1, 0.15) is 31.8 Å². The SMILES string of the molecule is COc1cc(-c2cc3c(cc2C(=O)O)-c2cc(Cl)ccc2OC3)c(C(=O)Nc2ccc(C(=N)N)cc2)cc1-c1cccs1. The van der Waals surface area contributed by atoms with E-state index in [9.17, 15) is 14.7 Å². The molecule has 5 aromatic rings. The number of carboxylic acid groups (broad SMARTS) is 1. The molecule has 0 radical (unpaired) electrons. The van der Waals surface area contributed by atoms with E-state index in [2.05, 4.69) is 5.32 Å². The number of carbonyl (C=O) groups is 2. The number of nitrogen functional groups attached to an aromatic ring is 1. The summed E-state index contributed by atoms with van der Waals surface area (Å²) in [5, 5.41) is 23.3. The molecule has 4 aromatic carbocycles. The number of carbonyl (C=O) groups excluding carboxylic acids is 1. The molecule has 0 saturated heterocycles. The summed E-state index contributed by atoms with van der Waals surface area (Å²) in [6, 6.07) is 22.4. The minimum absolute atomic E-state index is 0.0114. The van der Waals surface area contributed by atoms with Gasteiger partial charge in [-0.3, -0.25) is 10.2 Å². The van der Waals surface area contributed by atoms with Crippen LogP contribution in [0.25, 0.3) is 32.7 Å². The first-order chi connectivity index (χ1) is 20.7. The maximum absolute atomic E-state index is 13.9. The standard InChI is InChI=1S/C33H24ClN3O5S/c1-41-29-15-23(22-11-18-16-42-28-9-6-19(34)12-24(28)21(18)13-26(22)33(39)40)25(14-27(29)30-3-2-10-43-30)32(38)37-20-7-4-17(5-8-20)31(35)36/h2-15H,16H2,1H3,(H3,35,36)(H,37,38)(H,39,40). The first kappa shape index (κ1) is 28.0. The van der Waals surface area contributed by atoms with Crippen LogP contribution in [-0.2, 0) is 6.61 Å². The Morgan fingerprint density at radius 3 is 2.37 bits per heavy atom. The van der Waals surface area contributed by atoms with Gasteiger partial charge in [-0.25, -0.2) is 4.79 Å². The molecule has 43 heavy (non-hydrogen) atoms. The lowest BCUT2D eigenvalue weighted by atomic mass is 9.87. The number of nitrogens with one attached hydrogen (secondary N) is 2. The molecule has 0 bridgehead atoms. The Bertz CT molecular complexity index is 1920. The van der Waals surface area contributed by atoms with Crippen LogP contribution >= 0.6 is 22.9 Å². The second-order valence-corrected chi connectivity index (χ2v) is 11.2. The molecule has 1 aromatic heterocycles. The number of thiophene rings is 1. The van der Waals surface area contributed by atoms with Crippen LogP contribution in [0.15, 0.2) is 84.2 Å². The minimum Gasteiger partial charge on any atom is -0.496 e. The van der Waals surface area contributed by atoms with Gasteiger partial charge in [-0.05, 0) is 100 Å². The van der Waals surface area contributed by atoms with Gasteiger partial charge in [0.05, 0.1) is 12.7 Å². The molecule has 0 fully saturated rings. The third kappa shape index (κ3) is 5.31. The van der Waals surface area contributed by atoms with Crippen LogP contribution in [0.2, 0.25) is 5.02 Å². The third-order valence-electron chi connectivity index (χ3n) is 7.20. The number of amides is 1. The fourth-order valence-corrected chi connectivity index (χ4v) is 6.04. The predicted octanol–water partition coefficient (Wildman–Crippen LogP) is 7.54. The van der Waals surface area contributed by atoms with Gasteiger partial charge in [0.1, 0.15) is 23.9 Å². The highest BCUT2D eigenvalue weighted by Crippen LogP contribution is 2.44. The smallest absolute Gasteiger partial charge is 0.336 e. The van der Waals surface area contributed by atoms with E-state index in [-0.39, 0.29) is 23.6 Å². The van der Waals surface area contributed by atoms with Crippen molar-refractivity contribution in [2.24, 2.45) is 5.73 Å². The summed E-state index contributed by atoms with van der Waals surface area (Å²) in [5.74, 6) is -0.590. The molecule has 0 aliphatic carbocycles. The van der Waals surface area contributed by atoms with Gasteiger partial charge in [-0.1, -0.05) is 17.7 Å². The number of aromatic carboxylic acids is 1. The zero-order valence-electron chi connectivity index (χ0n) is 22.7. The van der Waals surface area contributed by atoms with Crippen molar-refractivity contribution >= 4 is 46.3 Å². The number of benzene rings is 4. The van der Waals surface area contributed by atoms with E-state index in [1.165, 1.54) is 18.4 Å². The monoisotopic (exact) mass is 609 g/mol. The number of halogens is 1. The van der Waals surface area contributed by atoms with E-state index < -0.39 is 11.9 Å². The third-order valence-corrected chi connectivity index (χ3v) is 8.34. The number of methoxy groups -OCH3 is 1. The summed E-state index contributed by atoms with van der Waals surface area (Å²) in [5.41, 5.74) is 10.4. The molecular formula is C33H24ClN3O5S. The number of rotatable bonds is 7. The van der Waals surface area contributed by atoms with Gasteiger partial charge in [0.25, 0.3) is 5.91 Å². The van der Waals surface area contributed by atoms with Crippen LogP contribution in [0.3, 0.4) is 0 Å². The Labute approximate surface area is 255 Å². The maximum Gasteiger partial charge on any atom is 0.336 e. The van der Waals surface area contributed by atoms with Gasteiger partial charge in [0.15, 0.2) is 0 Å². The largest absolute Gasteiger partial charge is 0.496 e. The maximum atomic E-state index is 13.9. The summed E-state index contributed by atoms with van der Waals surface area (Å²) in [6.07, 6.45) is 0. The number of hydrogen-bond acceptors (Lipinski definition) is 6. The number of fused-ring (bicyclic) bond motifs is 3. The van der Waals surface area contributed by atoms with E-state index in [0.29, 0.717) is 55.6 Å². The molecule has 0 spiro atoms. The number of ether oxygens (including phenoxy) is 2. The molecule has 1 aliphatic heterocycles. The lowest BCUT2D eigenvalue weighted by Crippen LogP contribution is -2.16. The highest BCUT2D eigenvalue weighted by Gasteiger charge is 2.27. The van der Waals surface area contributed by atoms with Crippen molar-refractivity contribution in [2.75, 3.05) is 12.4 Å². The summed E-state index contributed by atoms with van der Waals surface area (Å²) >= 11 is 7.76. The number of nitrogens with two attached hydrogens (primary N) is 1. The van der Waals surface area contributed by atoms with E-state index in [0.717, 1.165) is 10.4 Å². The number of hydrogen-bond donors (Lipinski definition) is 4. The van der Waals surface area contributed by atoms with Crippen LogP contribution in [0, 0.1) is 5.41 Å². The van der Waals surface area contributed by atoms with E-state index in [4.69, 9.17) is 32.2 Å². The predicted molar refractivity (Wildman–Crippen MR) is 169 cm³/mol. The second kappa shape index (κ2) is 11.3. The highest BCUT2D eigenvalue weighted by atomic mass is 35.5. The molecule has 6 rings (SSSR count). The quantitative estimate of drug-likeness (QED) is 0.111. The number of amidine groups is 1. The van der Waals surface area contributed by atoms with Crippen LogP contribution in [0.5, 0.6) is 11.5 Å². The highest BCUT2D eigenvalue weighted by molar-refractivity contribution is 7.13. The minimum atomic E-state index is -1.15. The van der Waals surface area contributed by atoms with Crippen molar-refractivity contribution in [1.82, 2.24) is 0 Å². The zero-order chi connectivity index (χ0) is 30.2. The summed E-state index contributed by atoms with van der Waals surface area (Å²) < 4.78 is 11.7. The Hall–Kier alpha value is -5.12. The number of anilines is 1. The van der Waals surface area contributed by atoms with Gasteiger partial charge in [-0.2, -0.15) is 0 Å². The molecule has 0 unspecified atom stereocenters. The first-order valence-electron chi connectivity index (χ1n) is 13.1. The Kier molecular flexibility index (Phi) is 7.35. The van der Waals surface area contributed by atoms with Crippen molar-refractivity contribution in [2.45, 2.75) is 6.61 Å².